The van der Waals surface area contributed by atoms with Gasteiger partial charge in [0.25, 0.3) is 5.91 Å². The SMILES string of the molecule is COc1ccnc(C(=O)N[C@H]2COC[C@H](OCC(C)C)[C@@H](Oc3ccccc3)[C@H](C)OC2=O)c1O. The van der Waals surface area contributed by atoms with Crippen LogP contribution in [0.1, 0.15) is 31.3 Å². The number of pyridine rings is 1. The van der Waals surface area contributed by atoms with Crippen molar-refractivity contribution in [3.05, 3.63) is 48.3 Å². The quantitative estimate of drug-likeness (QED) is 0.539. The van der Waals surface area contributed by atoms with Crippen LogP contribution >= 0.6 is 0 Å². The van der Waals surface area contributed by atoms with Crippen molar-refractivity contribution in [3.8, 4) is 17.2 Å². The van der Waals surface area contributed by atoms with Gasteiger partial charge in [0, 0.05) is 18.9 Å². The first-order valence-corrected chi connectivity index (χ1v) is 11.4. The van der Waals surface area contributed by atoms with E-state index < -0.39 is 42.0 Å². The number of methoxy groups -OCH3 is 1. The number of amides is 1. The maximum atomic E-state index is 13.0. The molecule has 1 aromatic carbocycles. The fraction of sp³-hybridized carbons (Fsp3) is 0.480. The van der Waals surface area contributed by atoms with Gasteiger partial charge in [-0.2, -0.15) is 0 Å². The first kappa shape index (κ1) is 26.2. The topological polar surface area (TPSA) is 125 Å². The molecule has 4 atom stereocenters. The molecule has 0 saturated carbocycles. The Morgan fingerprint density at radius 3 is 2.66 bits per heavy atom. The number of benzene rings is 1. The Kier molecular flexibility index (Phi) is 9.27. The molecule has 1 aromatic heterocycles. The lowest BCUT2D eigenvalue weighted by Gasteiger charge is -2.31. The number of esters is 1. The van der Waals surface area contributed by atoms with Crippen molar-refractivity contribution in [1.82, 2.24) is 10.3 Å². The van der Waals surface area contributed by atoms with Gasteiger partial charge < -0.3 is 34.1 Å². The second kappa shape index (κ2) is 12.4. The Labute approximate surface area is 204 Å². The maximum absolute atomic E-state index is 13.0. The van der Waals surface area contributed by atoms with Gasteiger partial charge >= 0.3 is 5.97 Å². The molecule has 3 rings (SSSR count). The first-order chi connectivity index (χ1) is 16.8. The Morgan fingerprint density at radius 1 is 1.23 bits per heavy atom. The average Bonchev–Trinajstić information content (AvgIpc) is 2.88. The maximum Gasteiger partial charge on any atom is 0.331 e. The number of nitrogens with one attached hydrogen (secondary N) is 1. The normalized spacial score (nSPS) is 22.9. The summed E-state index contributed by atoms with van der Waals surface area (Å²) in [5, 5.41) is 12.8. The standard InChI is InChI=1S/C25H32N2O8/c1-15(2)12-33-20-14-32-13-18(27-24(29)21-22(28)19(31-4)10-11-26-21)25(30)34-16(3)23(20)35-17-8-6-5-7-9-17/h5-11,15-16,18,20,23,28H,12-14H2,1-4H3,(H,27,29)/t16-,18-,20-,23-/m0/s1. The summed E-state index contributed by atoms with van der Waals surface area (Å²) in [4.78, 5) is 29.6. The fourth-order valence-electron chi connectivity index (χ4n) is 3.48. The van der Waals surface area contributed by atoms with E-state index in [-0.39, 0.29) is 30.6 Å². The van der Waals surface area contributed by atoms with Crippen molar-refractivity contribution in [1.29, 1.82) is 0 Å². The molecule has 1 amide bonds. The summed E-state index contributed by atoms with van der Waals surface area (Å²) in [6, 6.07) is 9.44. The predicted octanol–water partition coefficient (Wildman–Crippen LogP) is 2.34. The van der Waals surface area contributed by atoms with Crippen molar-refractivity contribution in [3.63, 3.8) is 0 Å². The van der Waals surface area contributed by atoms with Crippen LogP contribution in [0.3, 0.4) is 0 Å². The molecule has 190 valence electrons. The largest absolute Gasteiger partial charge is 0.503 e. The molecule has 2 N–H and O–H groups in total. The predicted molar refractivity (Wildman–Crippen MR) is 126 cm³/mol. The zero-order valence-electron chi connectivity index (χ0n) is 20.3. The van der Waals surface area contributed by atoms with E-state index in [1.807, 2.05) is 32.0 Å². The number of hydrogen-bond acceptors (Lipinski definition) is 9. The summed E-state index contributed by atoms with van der Waals surface area (Å²) < 4.78 is 28.7. The molecule has 1 aliphatic rings. The van der Waals surface area contributed by atoms with Crippen LogP contribution in [-0.4, -0.2) is 73.3 Å². The van der Waals surface area contributed by atoms with Gasteiger partial charge in [-0.3, -0.25) is 4.79 Å². The minimum Gasteiger partial charge on any atom is -0.503 e. The number of hydrogen-bond donors (Lipinski definition) is 2. The Morgan fingerprint density at radius 2 is 1.97 bits per heavy atom. The Balaban J connectivity index is 1.78. The van der Waals surface area contributed by atoms with Crippen molar-refractivity contribution >= 4 is 11.9 Å². The number of cyclic esters (lactones) is 1. The number of aromatic hydroxyl groups is 1. The molecular weight excluding hydrogens is 456 g/mol. The molecule has 0 unspecified atom stereocenters. The van der Waals surface area contributed by atoms with E-state index in [9.17, 15) is 14.7 Å². The highest BCUT2D eigenvalue weighted by atomic mass is 16.6. The van der Waals surface area contributed by atoms with Crippen molar-refractivity contribution in [2.45, 2.75) is 45.1 Å². The van der Waals surface area contributed by atoms with E-state index in [0.29, 0.717) is 12.4 Å². The highest BCUT2D eigenvalue weighted by molar-refractivity contribution is 5.98. The zero-order chi connectivity index (χ0) is 25.4. The van der Waals surface area contributed by atoms with Crippen LogP contribution in [0.15, 0.2) is 42.6 Å². The van der Waals surface area contributed by atoms with Gasteiger partial charge in [0.2, 0.25) is 0 Å². The second-order valence-electron chi connectivity index (χ2n) is 8.58. The average molecular weight is 489 g/mol. The van der Waals surface area contributed by atoms with Gasteiger partial charge in [0.1, 0.15) is 18.0 Å². The molecule has 10 heteroatoms. The van der Waals surface area contributed by atoms with E-state index in [0.717, 1.165) is 0 Å². The van der Waals surface area contributed by atoms with Crippen molar-refractivity contribution in [2.75, 3.05) is 26.9 Å². The lowest BCUT2D eigenvalue weighted by Crippen LogP contribution is -2.48. The molecule has 10 nitrogen and oxygen atoms in total. The molecule has 0 aliphatic carbocycles. The van der Waals surface area contributed by atoms with E-state index in [1.54, 1.807) is 19.1 Å². The molecule has 0 spiro atoms. The summed E-state index contributed by atoms with van der Waals surface area (Å²) in [7, 11) is 1.35. The highest BCUT2D eigenvalue weighted by Crippen LogP contribution is 2.27. The van der Waals surface area contributed by atoms with Crippen LogP contribution < -0.4 is 14.8 Å². The van der Waals surface area contributed by atoms with Crippen LogP contribution in [0.4, 0.5) is 0 Å². The van der Waals surface area contributed by atoms with Gasteiger partial charge in [-0.05, 0) is 25.0 Å². The van der Waals surface area contributed by atoms with Crippen LogP contribution in [0.2, 0.25) is 0 Å². The van der Waals surface area contributed by atoms with Gasteiger partial charge in [0.15, 0.2) is 29.3 Å². The highest BCUT2D eigenvalue weighted by Gasteiger charge is 2.37. The molecule has 0 radical (unpaired) electrons. The number of para-hydroxylation sites is 1. The fourth-order valence-corrected chi connectivity index (χ4v) is 3.48. The molecule has 35 heavy (non-hydrogen) atoms. The van der Waals surface area contributed by atoms with E-state index in [1.165, 1.54) is 19.4 Å². The van der Waals surface area contributed by atoms with Gasteiger partial charge in [0.05, 0.1) is 20.3 Å². The summed E-state index contributed by atoms with van der Waals surface area (Å²) in [5.41, 5.74) is -0.284. The number of carbonyl (C=O) groups excluding carboxylic acids is 2. The smallest absolute Gasteiger partial charge is 0.331 e. The summed E-state index contributed by atoms with van der Waals surface area (Å²) in [6.07, 6.45) is -0.586. The summed E-state index contributed by atoms with van der Waals surface area (Å²) in [5.74, 6) is -0.965. The lowest BCUT2D eigenvalue weighted by molar-refractivity contribution is -0.159. The molecular formula is C25H32N2O8. The molecule has 2 aromatic rings. The number of aromatic nitrogens is 1. The van der Waals surface area contributed by atoms with Crippen LogP contribution in [0, 0.1) is 5.92 Å². The molecule has 2 heterocycles. The van der Waals surface area contributed by atoms with Gasteiger partial charge in [-0.1, -0.05) is 32.0 Å². The second-order valence-corrected chi connectivity index (χ2v) is 8.58. The van der Waals surface area contributed by atoms with Gasteiger partial charge in [-0.15, -0.1) is 0 Å². The Bertz CT molecular complexity index is 985. The van der Waals surface area contributed by atoms with E-state index >= 15 is 0 Å². The Hall–Kier alpha value is -3.37. The number of carbonyl (C=O) groups is 2. The molecule has 1 aliphatic heterocycles. The zero-order valence-corrected chi connectivity index (χ0v) is 20.3. The lowest BCUT2D eigenvalue weighted by atomic mass is 10.1. The third kappa shape index (κ3) is 7.06. The van der Waals surface area contributed by atoms with Crippen molar-refractivity contribution in [2.24, 2.45) is 5.92 Å². The minimum absolute atomic E-state index is 0.0816. The number of rotatable bonds is 8. The number of ether oxygens (including phenoxy) is 5. The van der Waals surface area contributed by atoms with Crippen LogP contribution in [0.5, 0.6) is 17.2 Å². The van der Waals surface area contributed by atoms with E-state index in [4.69, 9.17) is 23.7 Å². The van der Waals surface area contributed by atoms with Crippen molar-refractivity contribution < 1.29 is 38.4 Å². The third-order valence-electron chi connectivity index (χ3n) is 5.27. The van der Waals surface area contributed by atoms with Crippen LogP contribution in [-0.2, 0) is 19.0 Å². The third-order valence-corrected chi connectivity index (χ3v) is 5.27. The summed E-state index contributed by atoms with van der Waals surface area (Å²) in [6.45, 7) is 6.17. The minimum atomic E-state index is -1.14. The van der Waals surface area contributed by atoms with Gasteiger partial charge in [-0.25, -0.2) is 9.78 Å². The first-order valence-electron chi connectivity index (χ1n) is 11.4. The molecule has 1 fully saturated rings. The van der Waals surface area contributed by atoms with Crippen LogP contribution in [0.25, 0.3) is 0 Å². The summed E-state index contributed by atoms with van der Waals surface area (Å²) >= 11 is 0. The molecule has 0 bridgehead atoms. The number of nitrogens with zero attached hydrogens (tertiary/aromatic N) is 1. The molecule has 1 saturated heterocycles. The van der Waals surface area contributed by atoms with E-state index in [2.05, 4.69) is 10.3 Å². The monoisotopic (exact) mass is 488 g/mol.